The minimum absolute atomic E-state index is 0.885. The average molecular weight is 626 g/mol. The van der Waals surface area contributed by atoms with Crippen LogP contribution in [0.15, 0.2) is 173 Å². The SMILES string of the molecule is c1ccc2c(c1)cc(N(c1ccc3c(ccc4cc5oc6ccccc6c5cc43)c1)c1ccc3oc4ccccc4c3c1)c1ccccc12. The third kappa shape index (κ3) is 3.90. The Morgan fingerprint density at radius 2 is 0.816 bits per heavy atom. The maximum atomic E-state index is 6.25. The van der Waals surface area contributed by atoms with E-state index in [9.17, 15) is 0 Å². The maximum absolute atomic E-state index is 6.25. The summed E-state index contributed by atoms with van der Waals surface area (Å²) in [4.78, 5) is 2.41. The first kappa shape index (κ1) is 26.5. The molecule has 228 valence electrons. The highest BCUT2D eigenvalue weighted by molar-refractivity contribution is 6.18. The second-order valence-electron chi connectivity index (χ2n) is 12.9. The lowest BCUT2D eigenvalue weighted by molar-refractivity contribution is 0.669. The van der Waals surface area contributed by atoms with Gasteiger partial charge in [0.2, 0.25) is 0 Å². The van der Waals surface area contributed by atoms with E-state index in [1.165, 1.54) is 43.1 Å². The smallest absolute Gasteiger partial charge is 0.136 e. The summed E-state index contributed by atoms with van der Waals surface area (Å²) in [5.41, 5.74) is 6.92. The average Bonchev–Trinajstić information content (AvgIpc) is 3.71. The molecule has 0 spiro atoms. The molecule has 3 nitrogen and oxygen atoms in total. The van der Waals surface area contributed by atoms with Crippen molar-refractivity contribution >= 4 is 104 Å². The number of benzene rings is 9. The number of para-hydroxylation sites is 2. The predicted molar refractivity (Wildman–Crippen MR) is 206 cm³/mol. The van der Waals surface area contributed by atoms with Crippen LogP contribution < -0.4 is 4.90 Å². The fraction of sp³-hybridized carbons (Fsp3) is 0. The van der Waals surface area contributed by atoms with Crippen molar-refractivity contribution in [2.45, 2.75) is 0 Å². The second kappa shape index (κ2) is 9.96. The van der Waals surface area contributed by atoms with Crippen LogP contribution in [0.5, 0.6) is 0 Å². The normalized spacial score (nSPS) is 12.1. The summed E-state index contributed by atoms with van der Waals surface area (Å²) in [5, 5.41) is 14.2. The van der Waals surface area contributed by atoms with Crippen LogP contribution in [0.3, 0.4) is 0 Å². The molecule has 9 aromatic carbocycles. The zero-order chi connectivity index (χ0) is 32.1. The third-order valence-electron chi connectivity index (χ3n) is 10.2. The Bertz CT molecular complexity index is 3130. The molecule has 0 atom stereocenters. The van der Waals surface area contributed by atoms with Gasteiger partial charge in [0.1, 0.15) is 22.3 Å². The molecule has 11 aromatic rings. The molecular weight excluding hydrogens is 599 g/mol. The Kier molecular flexibility index (Phi) is 5.38. The number of fused-ring (bicyclic) bond motifs is 12. The van der Waals surface area contributed by atoms with Gasteiger partial charge in [0, 0.05) is 38.3 Å². The molecule has 0 amide bonds. The van der Waals surface area contributed by atoms with E-state index in [0.717, 1.165) is 60.9 Å². The number of hydrogen-bond donors (Lipinski definition) is 0. The Hall–Kier alpha value is -6.58. The standard InChI is InChI=1S/C46H27NO2/c1-2-10-33-28(9-1)24-42(36-12-4-3-11-35(33)36)47(32-20-22-45-40(26-32)37-13-5-7-15-43(37)48-45)31-19-21-34-29(23-31)17-18-30-25-46-41(27-39(30)34)38-14-6-8-16-44(38)49-46/h1-27H. The lowest BCUT2D eigenvalue weighted by atomic mass is 9.97. The van der Waals surface area contributed by atoms with E-state index in [4.69, 9.17) is 8.83 Å². The van der Waals surface area contributed by atoms with Crippen molar-refractivity contribution in [1.29, 1.82) is 0 Å². The summed E-state index contributed by atoms with van der Waals surface area (Å²) < 4.78 is 12.5. The molecule has 11 rings (SSSR count). The van der Waals surface area contributed by atoms with Crippen molar-refractivity contribution < 1.29 is 8.83 Å². The van der Waals surface area contributed by atoms with Crippen LogP contribution in [0, 0.1) is 0 Å². The van der Waals surface area contributed by atoms with E-state index in [0.29, 0.717) is 0 Å². The lowest BCUT2D eigenvalue weighted by Gasteiger charge is -2.28. The van der Waals surface area contributed by atoms with Gasteiger partial charge in [-0.05, 0) is 98.4 Å². The van der Waals surface area contributed by atoms with Gasteiger partial charge in [0.15, 0.2) is 0 Å². The first-order valence-electron chi connectivity index (χ1n) is 16.7. The third-order valence-corrected chi connectivity index (χ3v) is 10.2. The molecule has 49 heavy (non-hydrogen) atoms. The van der Waals surface area contributed by atoms with E-state index in [-0.39, 0.29) is 0 Å². The summed E-state index contributed by atoms with van der Waals surface area (Å²) in [6.07, 6.45) is 0. The minimum Gasteiger partial charge on any atom is -0.456 e. The van der Waals surface area contributed by atoms with Gasteiger partial charge in [0.05, 0.1) is 5.69 Å². The van der Waals surface area contributed by atoms with Crippen molar-refractivity contribution in [3.05, 3.63) is 164 Å². The van der Waals surface area contributed by atoms with Crippen LogP contribution >= 0.6 is 0 Å². The predicted octanol–water partition coefficient (Wildman–Crippen LogP) is 13.6. The molecule has 0 aliphatic heterocycles. The van der Waals surface area contributed by atoms with Crippen molar-refractivity contribution in [2.75, 3.05) is 4.90 Å². The zero-order valence-electron chi connectivity index (χ0n) is 26.4. The summed E-state index contributed by atoms with van der Waals surface area (Å²) in [7, 11) is 0. The molecule has 0 aliphatic carbocycles. The highest BCUT2D eigenvalue weighted by Crippen LogP contribution is 2.45. The number of hydrogen-bond acceptors (Lipinski definition) is 3. The van der Waals surface area contributed by atoms with E-state index in [2.05, 4.69) is 144 Å². The minimum atomic E-state index is 0.885. The van der Waals surface area contributed by atoms with Crippen molar-refractivity contribution in [3.8, 4) is 0 Å². The number of rotatable bonds is 3. The number of anilines is 3. The summed E-state index contributed by atoms with van der Waals surface area (Å²) in [6.45, 7) is 0. The Morgan fingerprint density at radius 3 is 1.61 bits per heavy atom. The van der Waals surface area contributed by atoms with Crippen LogP contribution in [0.2, 0.25) is 0 Å². The quantitative estimate of drug-likeness (QED) is 0.183. The van der Waals surface area contributed by atoms with Crippen LogP contribution in [0.1, 0.15) is 0 Å². The largest absolute Gasteiger partial charge is 0.456 e. The monoisotopic (exact) mass is 625 g/mol. The van der Waals surface area contributed by atoms with Crippen molar-refractivity contribution in [2.24, 2.45) is 0 Å². The van der Waals surface area contributed by atoms with Crippen molar-refractivity contribution in [1.82, 2.24) is 0 Å². The van der Waals surface area contributed by atoms with Crippen LogP contribution in [0.4, 0.5) is 17.1 Å². The van der Waals surface area contributed by atoms with Crippen molar-refractivity contribution in [3.63, 3.8) is 0 Å². The molecule has 0 bridgehead atoms. The molecule has 0 N–H and O–H groups in total. The van der Waals surface area contributed by atoms with E-state index >= 15 is 0 Å². The molecule has 2 aromatic heterocycles. The maximum Gasteiger partial charge on any atom is 0.136 e. The van der Waals surface area contributed by atoms with Crippen LogP contribution in [-0.2, 0) is 0 Å². The van der Waals surface area contributed by atoms with Gasteiger partial charge in [0.25, 0.3) is 0 Å². The van der Waals surface area contributed by atoms with Gasteiger partial charge in [-0.15, -0.1) is 0 Å². The number of furan rings is 2. The summed E-state index contributed by atoms with van der Waals surface area (Å²) in [5.74, 6) is 0. The highest BCUT2D eigenvalue weighted by Gasteiger charge is 2.20. The Balaban J connectivity index is 1.19. The topological polar surface area (TPSA) is 29.5 Å². The molecule has 3 heteroatoms. The van der Waals surface area contributed by atoms with Gasteiger partial charge in [-0.25, -0.2) is 0 Å². The van der Waals surface area contributed by atoms with Crippen LogP contribution in [0.25, 0.3) is 87.0 Å². The molecule has 0 unspecified atom stereocenters. The summed E-state index contributed by atoms with van der Waals surface area (Å²) >= 11 is 0. The first-order chi connectivity index (χ1) is 24.3. The fourth-order valence-corrected chi connectivity index (χ4v) is 7.91. The van der Waals surface area contributed by atoms with Gasteiger partial charge < -0.3 is 13.7 Å². The molecule has 0 saturated carbocycles. The molecular formula is C46H27NO2. The van der Waals surface area contributed by atoms with Gasteiger partial charge >= 0.3 is 0 Å². The first-order valence-corrected chi connectivity index (χ1v) is 16.7. The Labute approximate surface area is 280 Å². The Morgan fingerprint density at radius 1 is 0.286 bits per heavy atom. The number of nitrogens with zero attached hydrogens (tertiary/aromatic N) is 1. The van der Waals surface area contributed by atoms with E-state index in [1.807, 2.05) is 24.3 Å². The van der Waals surface area contributed by atoms with E-state index in [1.54, 1.807) is 0 Å². The van der Waals surface area contributed by atoms with E-state index < -0.39 is 0 Å². The molecule has 0 saturated heterocycles. The fourth-order valence-electron chi connectivity index (χ4n) is 7.91. The zero-order valence-corrected chi connectivity index (χ0v) is 26.4. The molecule has 2 heterocycles. The van der Waals surface area contributed by atoms with Gasteiger partial charge in [-0.1, -0.05) is 103 Å². The molecule has 0 aliphatic rings. The molecule has 0 radical (unpaired) electrons. The van der Waals surface area contributed by atoms with Crippen LogP contribution in [-0.4, -0.2) is 0 Å². The molecule has 0 fully saturated rings. The van der Waals surface area contributed by atoms with Gasteiger partial charge in [-0.3, -0.25) is 0 Å². The summed E-state index contributed by atoms with van der Waals surface area (Å²) in [6, 6.07) is 58.7. The van der Waals surface area contributed by atoms with Gasteiger partial charge in [-0.2, -0.15) is 0 Å². The second-order valence-corrected chi connectivity index (χ2v) is 12.9. The highest BCUT2D eigenvalue weighted by atomic mass is 16.3. The lowest BCUT2D eigenvalue weighted by Crippen LogP contribution is -2.10.